The van der Waals surface area contributed by atoms with Crippen LogP contribution >= 0.6 is 0 Å². The summed E-state index contributed by atoms with van der Waals surface area (Å²) < 4.78 is 70.5. The van der Waals surface area contributed by atoms with E-state index in [-0.39, 0.29) is 12.4 Å². The summed E-state index contributed by atoms with van der Waals surface area (Å²) in [4.78, 5) is 10.9. The van der Waals surface area contributed by atoms with Gasteiger partial charge in [0.1, 0.15) is 12.4 Å². The molecule has 0 aliphatic carbocycles. The summed E-state index contributed by atoms with van der Waals surface area (Å²) in [7, 11) is 1.35. The Labute approximate surface area is 324 Å². The van der Waals surface area contributed by atoms with E-state index >= 15 is 0 Å². The third-order valence-electron chi connectivity index (χ3n) is 7.64. The van der Waals surface area contributed by atoms with E-state index in [1.165, 1.54) is 51.2 Å². The highest BCUT2D eigenvalue weighted by atomic mass is 16.6. The van der Waals surface area contributed by atoms with E-state index in [0.29, 0.717) is 152 Å². The molecule has 54 heavy (non-hydrogen) atoms. The highest BCUT2D eigenvalue weighted by Crippen LogP contribution is 2.15. The van der Waals surface area contributed by atoms with Crippen LogP contribution in [0, 0.1) is 0 Å². The Morgan fingerprint density at radius 3 is 1.07 bits per heavy atom. The normalized spacial score (nSPS) is 11.4. The predicted octanol–water partition coefficient (Wildman–Crippen LogP) is 4.71. The Hall–Kier alpha value is -1.95. The number of aryl methyl sites for hydroxylation is 1. The third-order valence-corrected chi connectivity index (χ3v) is 7.64. The van der Waals surface area contributed by atoms with Gasteiger partial charge in [-0.15, -0.1) is 0 Å². The van der Waals surface area contributed by atoms with Crippen LogP contribution in [0.25, 0.3) is 0 Å². The van der Waals surface area contributed by atoms with Gasteiger partial charge in [-0.1, -0.05) is 51.2 Å². The molecule has 0 radical (unpaired) electrons. The van der Waals surface area contributed by atoms with Crippen LogP contribution < -0.4 is 4.74 Å². The summed E-state index contributed by atoms with van der Waals surface area (Å²) >= 11 is 0. The maximum absolute atomic E-state index is 10.9. The predicted molar refractivity (Wildman–Crippen MR) is 205 cm³/mol. The van der Waals surface area contributed by atoms with Gasteiger partial charge in [0.15, 0.2) is 0 Å². The summed E-state index contributed by atoms with van der Waals surface area (Å²) in [6.45, 7) is 13.5. The molecule has 0 spiro atoms. The minimum Gasteiger partial charge on any atom is -0.491 e. The van der Waals surface area contributed by atoms with Crippen molar-refractivity contribution in [3.8, 4) is 5.75 Å². The Morgan fingerprint density at radius 1 is 0.407 bits per heavy atom. The van der Waals surface area contributed by atoms with Crippen LogP contribution in [0.3, 0.4) is 0 Å². The fourth-order valence-electron chi connectivity index (χ4n) is 4.64. The fraction of sp³-hybridized carbons (Fsp3) is 0.825. The first kappa shape index (κ1) is 50.1. The van der Waals surface area contributed by atoms with Crippen LogP contribution in [0.4, 0.5) is 0 Å². The number of benzene rings is 1. The Balaban J connectivity index is 1.67. The van der Waals surface area contributed by atoms with Crippen molar-refractivity contribution in [3.05, 3.63) is 29.8 Å². The van der Waals surface area contributed by atoms with Gasteiger partial charge in [0.2, 0.25) is 0 Å². The fourth-order valence-corrected chi connectivity index (χ4v) is 4.64. The highest BCUT2D eigenvalue weighted by molar-refractivity contribution is 5.69. The van der Waals surface area contributed by atoms with Crippen LogP contribution in [0.15, 0.2) is 24.3 Å². The molecule has 0 aliphatic rings. The standard InChI is InChI=1S/C40H72O14/c1-3-4-5-6-7-8-9-38-10-12-39(13-11-38)54-37-36-53-35-34-52-33-32-51-31-30-50-29-28-49-27-26-48-25-24-47-23-22-46-21-20-45-19-18-44-17-16-43-15-14-40(41)42-2/h10-13H,3-9,14-37H2,1-2H3. The average molecular weight is 777 g/mol. The molecule has 0 aromatic heterocycles. The van der Waals surface area contributed by atoms with E-state index in [2.05, 4.69) is 23.8 Å². The van der Waals surface area contributed by atoms with Gasteiger partial charge in [-0.3, -0.25) is 4.79 Å². The van der Waals surface area contributed by atoms with Crippen molar-refractivity contribution in [1.29, 1.82) is 0 Å². The molecule has 0 saturated heterocycles. The van der Waals surface area contributed by atoms with E-state index in [9.17, 15) is 4.79 Å². The Bertz CT molecular complexity index is 892. The molecule has 14 heteroatoms. The van der Waals surface area contributed by atoms with E-state index in [4.69, 9.17) is 56.8 Å². The molecule has 0 bridgehead atoms. The van der Waals surface area contributed by atoms with E-state index < -0.39 is 0 Å². The number of esters is 1. The second kappa shape index (κ2) is 42.2. The Morgan fingerprint density at radius 2 is 0.722 bits per heavy atom. The minimum absolute atomic E-state index is 0.244. The van der Waals surface area contributed by atoms with E-state index in [1.54, 1.807) is 0 Å². The second-order valence-corrected chi connectivity index (χ2v) is 12.1. The van der Waals surface area contributed by atoms with Crippen LogP contribution in [0.1, 0.15) is 57.4 Å². The largest absolute Gasteiger partial charge is 0.491 e. The second-order valence-electron chi connectivity index (χ2n) is 12.1. The first-order chi connectivity index (χ1) is 26.8. The number of methoxy groups -OCH3 is 1. The summed E-state index contributed by atoms with van der Waals surface area (Å²) in [6.07, 6.45) is 9.31. The average Bonchev–Trinajstić information content (AvgIpc) is 3.19. The van der Waals surface area contributed by atoms with Gasteiger partial charge in [-0.05, 0) is 30.5 Å². The molecular weight excluding hydrogens is 704 g/mol. The van der Waals surface area contributed by atoms with Crippen molar-refractivity contribution in [2.24, 2.45) is 0 Å². The highest BCUT2D eigenvalue weighted by Gasteiger charge is 2.01. The number of hydrogen-bond donors (Lipinski definition) is 0. The molecule has 1 rings (SSSR count). The number of carbonyl (C=O) groups excluding carboxylic acids is 1. The van der Waals surface area contributed by atoms with Gasteiger partial charge < -0.3 is 61.6 Å². The molecule has 1 aromatic carbocycles. The first-order valence-corrected chi connectivity index (χ1v) is 19.9. The summed E-state index contributed by atoms with van der Waals surface area (Å²) in [5.74, 6) is 0.596. The van der Waals surface area contributed by atoms with Gasteiger partial charge in [-0.25, -0.2) is 0 Å². The first-order valence-electron chi connectivity index (χ1n) is 19.9. The molecule has 0 atom stereocenters. The SMILES string of the molecule is CCCCCCCCc1ccc(OCCOCCOCCOCCOCCOCCOCCOCCOCCOCCOCCOCCC(=O)OC)cc1. The molecule has 0 unspecified atom stereocenters. The third kappa shape index (κ3) is 37.0. The molecule has 1 aromatic rings. The maximum Gasteiger partial charge on any atom is 0.307 e. The zero-order valence-electron chi connectivity index (χ0n) is 33.4. The zero-order chi connectivity index (χ0) is 38.7. The Kier molecular flexibility index (Phi) is 39.1. The van der Waals surface area contributed by atoms with Gasteiger partial charge >= 0.3 is 5.97 Å². The summed E-state index contributed by atoms with van der Waals surface area (Å²) in [5, 5.41) is 0. The molecule has 14 nitrogen and oxygen atoms in total. The topological polar surface area (TPSA) is 137 Å². The molecule has 0 heterocycles. The molecule has 0 saturated carbocycles. The molecule has 0 amide bonds. The monoisotopic (exact) mass is 776 g/mol. The minimum atomic E-state index is -0.286. The van der Waals surface area contributed by atoms with Gasteiger partial charge in [0.25, 0.3) is 0 Å². The molecule has 316 valence electrons. The lowest BCUT2D eigenvalue weighted by molar-refractivity contribution is -0.141. The van der Waals surface area contributed by atoms with E-state index in [1.807, 2.05) is 12.1 Å². The van der Waals surface area contributed by atoms with Gasteiger partial charge in [0, 0.05) is 0 Å². The van der Waals surface area contributed by atoms with Crippen LogP contribution in [0.2, 0.25) is 0 Å². The lowest BCUT2D eigenvalue weighted by Gasteiger charge is -2.09. The van der Waals surface area contributed by atoms with Gasteiger partial charge in [0.05, 0.1) is 159 Å². The summed E-state index contributed by atoms with van der Waals surface area (Å²) in [6, 6.07) is 8.42. The lowest BCUT2D eigenvalue weighted by Crippen LogP contribution is -2.15. The van der Waals surface area contributed by atoms with Gasteiger partial charge in [-0.2, -0.15) is 0 Å². The van der Waals surface area contributed by atoms with Crippen molar-refractivity contribution in [2.45, 2.75) is 58.3 Å². The number of rotatable bonds is 44. The molecular formula is C40H72O14. The number of carbonyl (C=O) groups is 1. The number of unbranched alkanes of at least 4 members (excludes halogenated alkanes) is 5. The van der Waals surface area contributed by atoms with Crippen LogP contribution in [-0.4, -0.2) is 165 Å². The molecule has 0 N–H and O–H groups in total. The van der Waals surface area contributed by atoms with Crippen LogP contribution in [0.5, 0.6) is 5.75 Å². The quantitative estimate of drug-likeness (QED) is 0.0668. The van der Waals surface area contributed by atoms with Crippen molar-refractivity contribution in [3.63, 3.8) is 0 Å². The number of hydrogen-bond acceptors (Lipinski definition) is 14. The lowest BCUT2D eigenvalue weighted by atomic mass is 10.0. The molecule has 0 fully saturated rings. The van der Waals surface area contributed by atoms with Crippen molar-refractivity contribution in [2.75, 3.05) is 159 Å². The van der Waals surface area contributed by atoms with Crippen molar-refractivity contribution in [1.82, 2.24) is 0 Å². The maximum atomic E-state index is 10.9. The molecule has 0 aliphatic heterocycles. The zero-order valence-corrected chi connectivity index (χ0v) is 33.4. The van der Waals surface area contributed by atoms with Crippen LogP contribution in [-0.2, 0) is 68.1 Å². The van der Waals surface area contributed by atoms with Crippen molar-refractivity contribution >= 4 is 5.97 Å². The smallest absolute Gasteiger partial charge is 0.307 e. The van der Waals surface area contributed by atoms with E-state index in [0.717, 1.165) is 12.2 Å². The summed E-state index contributed by atoms with van der Waals surface area (Å²) in [5.41, 5.74) is 1.37. The van der Waals surface area contributed by atoms with Crippen molar-refractivity contribution < 1.29 is 66.4 Å². The number of ether oxygens (including phenoxy) is 13.